The molecular formula is C13H18N2OS. The minimum atomic E-state index is 0.563. The fourth-order valence-electron chi connectivity index (χ4n) is 1.80. The highest BCUT2D eigenvalue weighted by Gasteiger charge is 2.17. The molecule has 2 N–H and O–H groups in total. The summed E-state index contributed by atoms with van der Waals surface area (Å²) < 4.78 is 5.17. The summed E-state index contributed by atoms with van der Waals surface area (Å²) in [5.74, 6) is 0.867. The van der Waals surface area contributed by atoms with E-state index in [2.05, 4.69) is 10.6 Å². The lowest BCUT2D eigenvalue weighted by molar-refractivity contribution is 0.385. The molecule has 1 saturated carbocycles. The minimum Gasteiger partial charge on any atom is -0.497 e. The molecule has 1 aromatic rings. The molecule has 0 spiro atoms. The number of ether oxygens (including phenoxy) is 1. The molecule has 1 aromatic carbocycles. The third-order valence-electron chi connectivity index (χ3n) is 3.12. The van der Waals surface area contributed by atoms with Crippen LogP contribution < -0.4 is 15.4 Å². The predicted octanol–water partition coefficient (Wildman–Crippen LogP) is 2.84. The Kier molecular flexibility index (Phi) is 3.84. The van der Waals surface area contributed by atoms with Crippen molar-refractivity contribution in [1.29, 1.82) is 0 Å². The number of anilines is 1. The first kappa shape index (κ1) is 12.2. The zero-order chi connectivity index (χ0) is 12.3. The second-order valence-electron chi connectivity index (χ2n) is 4.41. The van der Waals surface area contributed by atoms with Gasteiger partial charge in [-0.15, -0.1) is 0 Å². The van der Waals surface area contributed by atoms with E-state index < -0.39 is 0 Å². The Morgan fingerprint density at radius 2 is 2.18 bits per heavy atom. The van der Waals surface area contributed by atoms with Crippen molar-refractivity contribution in [1.82, 2.24) is 5.32 Å². The molecule has 0 atom stereocenters. The van der Waals surface area contributed by atoms with E-state index in [-0.39, 0.29) is 0 Å². The van der Waals surface area contributed by atoms with Crippen molar-refractivity contribution in [2.45, 2.75) is 32.2 Å². The second kappa shape index (κ2) is 5.36. The summed E-state index contributed by atoms with van der Waals surface area (Å²) in [5.41, 5.74) is 2.16. The van der Waals surface area contributed by atoms with E-state index in [1.54, 1.807) is 7.11 Å². The number of methoxy groups -OCH3 is 1. The number of rotatable bonds is 3. The lowest BCUT2D eigenvalue weighted by Crippen LogP contribution is -2.41. The van der Waals surface area contributed by atoms with E-state index in [1.165, 1.54) is 19.3 Å². The Bertz CT molecular complexity index is 416. The quantitative estimate of drug-likeness (QED) is 0.808. The maximum Gasteiger partial charge on any atom is 0.171 e. The molecule has 0 saturated heterocycles. The Labute approximate surface area is 108 Å². The molecule has 2 rings (SSSR count). The zero-order valence-electron chi connectivity index (χ0n) is 10.2. The van der Waals surface area contributed by atoms with E-state index in [1.807, 2.05) is 25.1 Å². The molecule has 0 heterocycles. The summed E-state index contributed by atoms with van der Waals surface area (Å²) >= 11 is 5.28. The van der Waals surface area contributed by atoms with Gasteiger partial charge >= 0.3 is 0 Å². The van der Waals surface area contributed by atoms with Crippen LogP contribution in [0.5, 0.6) is 5.75 Å². The first-order chi connectivity index (χ1) is 8.19. The van der Waals surface area contributed by atoms with Gasteiger partial charge < -0.3 is 15.4 Å². The average molecular weight is 250 g/mol. The lowest BCUT2D eigenvalue weighted by atomic mass is 9.93. The highest BCUT2D eigenvalue weighted by molar-refractivity contribution is 7.80. The van der Waals surface area contributed by atoms with E-state index >= 15 is 0 Å². The number of benzene rings is 1. The van der Waals surface area contributed by atoms with Crippen molar-refractivity contribution >= 4 is 23.0 Å². The van der Waals surface area contributed by atoms with Crippen LogP contribution in [0.2, 0.25) is 0 Å². The van der Waals surface area contributed by atoms with Crippen molar-refractivity contribution in [3.05, 3.63) is 23.8 Å². The van der Waals surface area contributed by atoms with Gasteiger partial charge in [-0.1, -0.05) is 0 Å². The molecule has 1 fully saturated rings. The Morgan fingerprint density at radius 1 is 1.41 bits per heavy atom. The molecule has 1 aliphatic carbocycles. The number of nitrogens with one attached hydrogen (secondary N) is 2. The van der Waals surface area contributed by atoms with Gasteiger partial charge in [-0.2, -0.15) is 0 Å². The monoisotopic (exact) mass is 250 g/mol. The predicted molar refractivity (Wildman–Crippen MR) is 74.7 cm³/mol. The largest absolute Gasteiger partial charge is 0.497 e. The van der Waals surface area contributed by atoms with Gasteiger partial charge in [-0.05, 0) is 62.2 Å². The molecule has 0 aromatic heterocycles. The number of hydrogen-bond acceptors (Lipinski definition) is 2. The molecule has 0 radical (unpaired) electrons. The SMILES string of the molecule is COc1ccc(NC(=S)NC2CCC2)c(C)c1. The van der Waals surface area contributed by atoms with Crippen molar-refractivity contribution in [2.75, 3.05) is 12.4 Å². The zero-order valence-corrected chi connectivity index (χ0v) is 11.1. The van der Waals surface area contributed by atoms with Gasteiger partial charge in [0.05, 0.1) is 7.11 Å². The topological polar surface area (TPSA) is 33.3 Å². The molecular weight excluding hydrogens is 232 g/mol. The fraction of sp³-hybridized carbons (Fsp3) is 0.462. The molecule has 0 amide bonds. The van der Waals surface area contributed by atoms with Crippen LogP contribution in [0.25, 0.3) is 0 Å². The van der Waals surface area contributed by atoms with Crippen LogP contribution in [0.3, 0.4) is 0 Å². The van der Waals surface area contributed by atoms with Crippen LogP contribution in [-0.4, -0.2) is 18.3 Å². The van der Waals surface area contributed by atoms with Crippen LogP contribution in [-0.2, 0) is 0 Å². The Hall–Kier alpha value is -1.29. The van der Waals surface area contributed by atoms with Crippen LogP contribution in [0.4, 0.5) is 5.69 Å². The molecule has 0 aliphatic heterocycles. The Morgan fingerprint density at radius 3 is 2.71 bits per heavy atom. The normalized spacial score (nSPS) is 14.9. The van der Waals surface area contributed by atoms with Crippen LogP contribution in [0.1, 0.15) is 24.8 Å². The molecule has 0 bridgehead atoms. The summed E-state index contributed by atoms with van der Waals surface area (Å²) in [6, 6.07) is 6.48. The third-order valence-corrected chi connectivity index (χ3v) is 3.34. The van der Waals surface area contributed by atoms with Crippen molar-refractivity contribution in [3.8, 4) is 5.75 Å². The van der Waals surface area contributed by atoms with Crippen molar-refractivity contribution in [3.63, 3.8) is 0 Å². The van der Waals surface area contributed by atoms with E-state index in [0.717, 1.165) is 17.0 Å². The smallest absolute Gasteiger partial charge is 0.171 e. The highest BCUT2D eigenvalue weighted by atomic mass is 32.1. The molecule has 92 valence electrons. The van der Waals surface area contributed by atoms with Gasteiger partial charge in [0.1, 0.15) is 5.75 Å². The van der Waals surface area contributed by atoms with Crippen LogP contribution >= 0.6 is 12.2 Å². The van der Waals surface area contributed by atoms with E-state index in [9.17, 15) is 0 Å². The first-order valence-electron chi connectivity index (χ1n) is 5.91. The van der Waals surface area contributed by atoms with Gasteiger partial charge in [-0.3, -0.25) is 0 Å². The van der Waals surface area contributed by atoms with Gasteiger partial charge in [0.2, 0.25) is 0 Å². The van der Waals surface area contributed by atoms with Crippen LogP contribution in [0, 0.1) is 6.92 Å². The Balaban J connectivity index is 1.95. The second-order valence-corrected chi connectivity index (χ2v) is 4.82. The van der Waals surface area contributed by atoms with E-state index in [4.69, 9.17) is 17.0 Å². The average Bonchev–Trinajstić information content (AvgIpc) is 2.26. The van der Waals surface area contributed by atoms with Gasteiger partial charge in [0.15, 0.2) is 5.11 Å². The van der Waals surface area contributed by atoms with Gasteiger partial charge in [0, 0.05) is 11.7 Å². The lowest BCUT2D eigenvalue weighted by Gasteiger charge is -2.28. The van der Waals surface area contributed by atoms with Crippen LogP contribution in [0.15, 0.2) is 18.2 Å². The number of hydrogen-bond donors (Lipinski definition) is 2. The summed E-state index contributed by atoms with van der Waals surface area (Å²) in [4.78, 5) is 0. The van der Waals surface area contributed by atoms with E-state index in [0.29, 0.717) is 11.2 Å². The molecule has 1 aliphatic rings. The maximum absolute atomic E-state index is 5.28. The number of thiocarbonyl (C=S) groups is 1. The third kappa shape index (κ3) is 3.09. The minimum absolute atomic E-state index is 0.563. The number of aryl methyl sites for hydroxylation is 1. The standard InChI is InChI=1S/C13H18N2OS/c1-9-8-11(16-2)6-7-12(9)15-13(17)14-10-4-3-5-10/h6-8,10H,3-5H2,1-2H3,(H2,14,15,17). The maximum atomic E-state index is 5.28. The molecule has 4 heteroatoms. The van der Waals surface area contributed by atoms with Gasteiger partial charge in [-0.25, -0.2) is 0 Å². The highest BCUT2D eigenvalue weighted by Crippen LogP contribution is 2.22. The molecule has 17 heavy (non-hydrogen) atoms. The molecule has 3 nitrogen and oxygen atoms in total. The molecule has 0 unspecified atom stereocenters. The van der Waals surface area contributed by atoms with Gasteiger partial charge in [0.25, 0.3) is 0 Å². The van der Waals surface area contributed by atoms with Crippen molar-refractivity contribution in [2.24, 2.45) is 0 Å². The summed E-state index contributed by atoms with van der Waals surface area (Å²) in [5, 5.41) is 7.25. The van der Waals surface area contributed by atoms with Crippen molar-refractivity contribution < 1.29 is 4.74 Å². The first-order valence-corrected chi connectivity index (χ1v) is 6.32. The summed E-state index contributed by atoms with van der Waals surface area (Å²) in [7, 11) is 1.67. The summed E-state index contributed by atoms with van der Waals surface area (Å²) in [6.45, 7) is 2.04. The fourth-order valence-corrected chi connectivity index (χ4v) is 2.08. The summed E-state index contributed by atoms with van der Waals surface area (Å²) in [6.07, 6.45) is 3.76.